The first-order valence-electron chi connectivity index (χ1n) is 3.96. The first kappa shape index (κ1) is 10.4. The molecule has 0 spiro atoms. The number of Topliss-reactive ketones (excluding diaryl/α,β-unsaturated/α-hetero) is 1. The highest BCUT2D eigenvalue weighted by Gasteiger charge is 2.42. The summed E-state index contributed by atoms with van der Waals surface area (Å²) in [7, 11) is 0. The van der Waals surface area contributed by atoms with Crippen LogP contribution in [0.3, 0.4) is 0 Å². The van der Waals surface area contributed by atoms with E-state index in [2.05, 4.69) is 5.10 Å². The number of ketones is 1. The Kier molecular flexibility index (Phi) is 2.15. The molecule has 1 N–H and O–H groups in total. The van der Waals surface area contributed by atoms with Gasteiger partial charge in [0.15, 0.2) is 0 Å². The van der Waals surface area contributed by atoms with Crippen LogP contribution in [0.2, 0.25) is 0 Å². The van der Waals surface area contributed by atoms with Crippen molar-refractivity contribution in [2.45, 2.75) is 26.3 Å². The second kappa shape index (κ2) is 2.90. The van der Waals surface area contributed by atoms with E-state index in [1.165, 1.54) is 0 Å². The summed E-state index contributed by atoms with van der Waals surface area (Å²) in [5, 5.41) is 12.9. The number of hydrogen-bond donors (Lipinski definition) is 1. The lowest BCUT2D eigenvalue weighted by Crippen LogP contribution is -2.41. The van der Waals surface area contributed by atoms with Crippen molar-refractivity contribution in [3.05, 3.63) is 0 Å². The number of hydrogen-bond acceptors (Lipinski definition) is 4. The Bertz CT molecular complexity index is 351. The number of amides is 1. The zero-order valence-corrected chi connectivity index (χ0v) is 8.07. The maximum absolute atomic E-state index is 11.3. The number of rotatable bonds is 1. The molecule has 0 unspecified atom stereocenters. The van der Waals surface area contributed by atoms with Crippen LogP contribution in [0.25, 0.3) is 0 Å². The molecule has 0 aromatic rings. The average Bonchev–Trinajstić information content (AvgIpc) is 2.28. The van der Waals surface area contributed by atoms with Crippen LogP contribution in [-0.2, 0) is 14.4 Å². The second-order valence-electron chi connectivity index (χ2n) is 3.87. The van der Waals surface area contributed by atoms with Gasteiger partial charge in [0.1, 0.15) is 0 Å². The molecule has 1 aliphatic heterocycles. The molecule has 0 atom stereocenters. The number of carbonyl (C=O) groups excluding carboxylic acids is 2. The Labute approximate surface area is 80.2 Å². The molecule has 1 aliphatic rings. The van der Waals surface area contributed by atoms with Crippen molar-refractivity contribution in [1.29, 1.82) is 0 Å². The van der Waals surface area contributed by atoms with Gasteiger partial charge in [-0.25, -0.2) is 9.80 Å². The topological polar surface area (TPSA) is 87.0 Å². The number of aliphatic carboxylic acids is 1. The van der Waals surface area contributed by atoms with Gasteiger partial charge in [-0.1, -0.05) is 0 Å². The van der Waals surface area contributed by atoms with Crippen LogP contribution in [0, 0.1) is 0 Å². The van der Waals surface area contributed by atoms with Gasteiger partial charge in [0.2, 0.25) is 5.71 Å². The fourth-order valence-corrected chi connectivity index (χ4v) is 0.983. The van der Waals surface area contributed by atoms with Crippen molar-refractivity contribution >= 4 is 23.4 Å². The lowest BCUT2D eigenvalue weighted by Gasteiger charge is -2.26. The van der Waals surface area contributed by atoms with Crippen molar-refractivity contribution in [3.8, 4) is 0 Å². The number of carboxylic acids is 1. The molecule has 0 bridgehead atoms. The molecule has 0 saturated carbocycles. The quantitative estimate of drug-likeness (QED) is 0.582. The van der Waals surface area contributed by atoms with E-state index in [0.717, 1.165) is 5.01 Å². The van der Waals surface area contributed by atoms with Crippen LogP contribution in [0.5, 0.6) is 0 Å². The molecule has 0 aromatic heterocycles. The summed E-state index contributed by atoms with van der Waals surface area (Å²) in [6.45, 7) is 4.98. The summed E-state index contributed by atoms with van der Waals surface area (Å²) >= 11 is 0. The third-order valence-electron chi connectivity index (χ3n) is 1.64. The number of hydrazone groups is 1. The Morgan fingerprint density at radius 1 is 1.36 bits per heavy atom. The predicted octanol–water partition coefficient (Wildman–Crippen LogP) is -0.363. The van der Waals surface area contributed by atoms with Crippen molar-refractivity contribution in [2.24, 2.45) is 5.10 Å². The zero-order chi connectivity index (χ0) is 11.1. The monoisotopic (exact) mass is 198 g/mol. The highest BCUT2D eigenvalue weighted by molar-refractivity contribution is 6.79. The molecule has 1 heterocycles. The normalized spacial score (nSPS) is 17.4. The highest BCUT2D eigenvalue weighted by atomic mass is 16.4. The molecule has 14 heavy (non-hydrogen) atoms. The molecule has 6 nitrogen and oxygen atoms in total. The molecular formula is C8H10N2O4. The van der Waals surface area contributed by atoms with E-state index in [4.69, 9.17) is 5.11 Å². The molecule has 1 amide bonds. The maximum Gasteiger partial charge on any atom is 0.360 e. The van der Waals surface area contributed by atoms with Gasteiger partial charge in [0, 0.05) is 0 Å². The minimum absolute atomic E-state index is 0.691. The minimum atomic E-state index is -1.48. The van der Waals surface area contributed by atoms with E-state index in [1.54, 1.807) is 20.8 Å². The summed E-state index contributed by atoms with van der Waals surface area (Å²) in [5.41, 5.74) is -1.41. The largest absolute Gasteiger partial charge is 0.476 e. The molecule has 1 rings (SSSR count). The lowest BCUT2D eigenvalue weighted by molar-refractivity contribution is -0.143. The summed E-state index contributed by atoms with van der Waals surface area (Å²) in [5.74, 6) is -3.43. The Balaban J connectivity index is 3.11. The molecule has 0 saturated heterocycles. The molecule has 6 heteroatoms. The summed E-state index contributed by atoms with van der Waals surface area (Å²) in [4.78, 5) is 32.9. The fraction of sp³-hybridized carbons (Fsp3) is 0.500. The number of carbonyl (C=O) groups is 3. The number of carboxylic acid groups (broad SMARTS) is 1. The second-order valence-corrected chi connectivity index (χ2v) is 3.87. The van der Waals surface area contributed by atoms with Crippen molar-refractivity contribution in [2.75, 3.05) is 0 Å². The summed E-state index contributed by atoms with van der Waals surface area (Å²) in [6.07, 6.45) is 0. The molecular weight excluding hydrogens is 188 g/mol. The van der Waals surface area contributed by atoms with Crippen LogP contribution >= 0.6 is 0 Å². The van der Waals surface area contributed by atoms with E-state index in [9.17, 15) is 14.4 Å². The first-order valence-corrected chi connectivity index (χ1v) is 3.96. The Hall–Kier alpha value is -1.72. The SMILES string of the molecule is CC(C)(C)N1N=C(C(=O)O)C(=O)C1=O. The molecule has 0 fully saturated rings. The van der Waals surface area contributed by atoms with Gasteiger partial charge in [0.05, 0.1) is 5.54 Å². The van der Waals surface area contributed by atoms with E-state index in [1.807, 2.05) is 0 Å². The zero-order valence-electron chi connectivity index (χ0n) is 8.07. The van der Waals surface area contributed by atoms with E-state index >= 15 is 0 Å². The van der Waals surface area contributed by atoms with Gasteiger partial charge in [-0.2, -0.15) is 5.10 Å². The number of nitrogens with zero attached hydrogens (tertiary/aromatic N) is 2. The standard InChI is InChI=1S/C8H10N2O4/c1-8(2,3)10-6(12)5(11)4(9-10)7(13)14/h1-3H3,(H,13,14). The van der Waals surface area contributed by atoms with Crippen molar-refractivity contribution in [3.63, 3.8) is 0 Å². The van der Waals surface area contributed by atoms with Crippen molar-refractivity contribution < 1.29 is 19.5 Å². The predicted molar refractivity (Wildman–Crippen MR) is 46.7 cm³/mol. The van der Waals surface area contributed by atoms with E-state index in [-0.39, 0.29) is 0 Å². The maximum atomic E-state index is 11.3. The van der Waals surface area contributed by atoms with Gasteiger partial charge in [0.25, 0.3) is 5.78 Å². The third-order valence-corrected chi connectivity index (χ3v) is 1.64. The van der Waals surface area contributed by atoms with Gasteiger partial charge >= 0.3 is 11.9 Å². The fourth-order valence-electron chi connectivity index (χ4n) is 0.983. The third kappa shape index (κ3) is 1.50. The Morgan fingerprint density at radius 2 is 1.86 bits per heavy atom. The van der Waals surface area contributed by atoms with Gasteiger partial charge in [-0.05, 0) is 20.8 Å². The summed E-state index contributed by atoms with van der Waals surface area (Å²) < 4.78 is 0. The van der Waals surface area contributed by atoms with Crippen LogP contribution in [-0.4, -0.2) is 39.0 Å². The van der Waals surface area contributed by atoms with Crippen molar-refractivity contribution in [1.82, 2.24) is 5.01 Å². The van der Waals surface area contributed by atoms with Gasteiger partial charge < -0.3 is 5.11 Å². The van der Waals surface area contributed by atoms with Gasteiger partial charge in [-0.15, -0.1) is 0 Å². The molecule has 0 aliphatic carbocycles. The summed E-state index contributed by atoms with van der Waals surface area (Å²) in [6, 6.07) is 0. The van der Waals surface area contributed by atoms with Crippen LogP contribution in [0.4, 0.5) is 0 Å². The lowest BCUT2D eigenvalue weighted by atomic mass is 10.1. The van der Waals surface area contributed by atoms with Crippen LogP contribution in [0.15, 0.2) is 5.10 Å². The minimum Gasteiger partial charge on any atom is -0.476 e. The average molecular weight is 198 g/mol. The van der Waals surface area contributed by atoms with Crippen LogP contribution in [0.1, 0.15) is 20.8 Å². The molecule has 0 radical (unpaired) electrons. The first-order chi connectivity index (χ1) is 6.25. The van der Waals surface area contributed by atoms with E-state index < -0.39 is 28.9 Å². The molecule has 0 aromatic carbocycles. The Morgan fingerprint density at radius 3 is 2.07 bits per heavy atom. The van der Waals surface area contributed by atoms with E-state index in [0.29, 0.717) is 0 Å². The smallest absolute Gasteiger partial charge is 0.360 e. The highest BCUT2D eigenvalue weighted by Crippen LogP contribution is 2.18. The van der Waals surface area contributed by atoms with Crippen LogP contribution < -0.4 is 0 Å². The van der Waals surface area contributed by atoms with Gasteiger partial charge in [-0.3, -0.25) is 9.59 Å². The molecule has 76 valence electrons.